The van der Waals surface area contributed by atoms with Crippen LogP contribution < -0.4 is 0 Å². The van der Waals surface area contributed by atoms with Crippen molar-refractivity contribution in [3.8, 4) is 0 Å². The fourth-order valence-electron chi connectivity index (χ4n) is 1.63. The van der Waals surface area contributed by atoms with E-state index >= 15 is 0 Å². The molecule has 1 aromatic heterocycles. The second-order valence-electron chi connectivity index (χ2n) is 3.83. The van der Waals surface area contributed by atoms with Crippen LogP contribution in [-0.4, -0.2) is 20.2 Å². The third-order valence-electron chi connectivity index (χ3n) is 2.69. The molecule has 0 spiro atoms. The molecule has 0 saturated heterocycles. The van der Waals surface area contributed by atoms with Gasteiger partial charge in [0.2, 0.25) is 4.77 Å². The fraction of sp³-hybridized carbons (Fsp3) is 0.364. The first-order chi connectivity index (χ1) is 7.77. The van der Waals surface area contributed by atoms with Crippen LogP contribution in [0.4, 0.5) is 0 Å². The highest BCUT2D eigenvalue weighted by Gasteiger charge is 2.05. The van der Waals surface area contributed by atoms with Gasteiger partial charge in [0.25, 0.3) is 0 Å². The lowest BCUT2D eigenvalue weighted by Crippen LogP contribution is -2.04. The number of nitrogens with one attached hydrogen (secondary N) is 1. The third-order valence-corrected chi connectivity index (χ3v) is 2.99. The molecule has 1 unspecified atom stereocenters. The van der Waals surface area contributed by atoms with E-state index in [0.29, 0.717) is 10.7 Å². The monoisotopic (exact) mass is 234 g/mol. The number of aryl methyl sites for hydroxylation is 1. The van der Waals surface area contributed by atoms with E-state index in [1.807, 2.05) is 6.07 Å². The van der Waals surface area contributed by atoms with Crippen molar-refractivity contribution < 1.29 is 0 Å². The van der Waals surface area contributed by atoms with Crippen LogP contribution in [0.2, 0.25) is 0 Å². The average molecular weight is 234 g/mol. The predicted molar refractivity (Wildman–Crippen MR) is 64.7 cm³/mol. The van der Waals surface area contributed by atoms with Crippen LogP contribution in [0.3, 0.4) is 0 Å². The number of tetrazole rings is 1. The molecule has 0 fully saturated rings. The van der Waals surface area contributed by atoms with Crippen LogP contribution in [0.15, 0.2) is 30.3 Å². The summed E-state index contributed by atoms with van der Waals surface area (Å²) in [5.74, 6) is 0.506. The number of hydrogen-bond donors (Lipinski definition) is 1. The lowest BCUT2D eigenvalue weighted by atomic mass is 9.98. The molecule has 0 aliphatic heterocycles. The van der Waals surface area contributed by atoms with E-state index in [4.69, 9.17) is 12.2 Å². The number of H-pyrrole nitrogens is 1. The van der Waals surface area contributed by atoms with Gasteiger partial charge in [0.05, 0.1) is 0 Å². The van der Waals surface area contributed by atoms with Gasteiger partial charge in [-0.2, -0.15) is 5.21 Å². The zero-order valence-electron chi connectivity index (χ0n) is 9.13. The Balaban J connectivity index is 1.97. The van der Waals surface area contributed by atoms with Crippen LogP contribution in [-0.2, 0) is 6.54 Å². The van der Waals surface area contributed by atoms with E-state index in [1.54, 1.807) is 4.68 Å². The smallest absolute Gasteiger partial charge is 0.238 e. The highest BCUT2D eigenvalue weighted by molar-refractivity contribution is 7.71. The van der Waals surface area contributed by atoms with Crippen LogP contribution in [0.5, 0.6) is 0 Å². The minimum atomic E-state index is 0.506. The molecule has 0 aliphatic carbocycles. The van der Waals surface area contributed by atoms with Crippen molar-refractivity contribution in [3.63, 3.8) is 0 Å². The number of rotatable bonds is 4. The quantitative estimate of drug-likeness (QED) is 0.827. The van der Waals surface area contributed by atoms with Gasteiger partial charge in [0, 0.05) is 6.54 Å². The fourth-order valence-corrected chi connectivity index (χ4v) is 1.81. The lowest BCUT2D eigenvalue weighted by Gasteiger charge is -2.11. The van der Waals surface area contributed by atoms with Gasteiger partial charge in [0.15, 0.2) is 0 Å². The summed E-state index contributed by atoms with van der Waals surface area (Å²) in [5.41, 5.74) is 1.35. The maximum Gasteiger partial charge on any atom is 0.238 e. The van der Waals surface area contributed by atoms with Crippen molar-refractivity contribution in [1.82, 2.24) is 20.2 Å². The Hall–Kier alpha value is -1.49. The van der Waals surface area contributed by atoms with Crippen molar-refractivity contribution in [2.45, 2.75) is 25.8 Å². The molecule has 0 amide bonds. The Morgan fingerprint density at radius 2 is 2.12 bits per heavy atom. The van der Waals surface area contributed by atoms with Crippen LogP contribution >= 0.6 is 12.2 Å². The van der Waals surface area contributed by atoms with Gasteiger partial charge in [-0.05, 0) is 30.1 Å². The molecule has 84 valence electrons. The Morgan fingerprint density at radius 3 is 2.75 bits per heavy atom. The summed E-state index contributed by atoms with van der Waals surface area (Å²) in [7, 11) is 0. The van der Waals surface area contributed by atoms with Crippen molar-refractivity contribution in [2.24, 2.45) is 0 Å². The normalized spacial score (nSPS) is 12.6. The summed E-state index contributed by atoms with van der Waals surface area (Å²) >= 11 is 5.01. The molecule has 2 rings (SSSR count). The van der Waals surface area contributed by atoms with Gasteiger partial charge >= 0.3 is 0 Å². The van der Waals surface area contributed by atoms with E-state index in [2.05, 4.69) is 46.7 Å². The minimum absolute atomic E-state index is 0.506. The molecule has 1 heterocycles. The Labute approximate surface area is 99.3 Å². The summed E-state index contributed by atoms with van der Waals surface area (Å²) in [5, 5.41) is 10.2. The standard InChI is InChI=1S/C11H14N4S/c1-9(10-5-3-2-4-6-10)7-8-15-11(16)12-13-14-15/h2-6,9H,7-8H2,1H3,(H,12,14,16). The predicted octanol–water partition coefficient (Wildman–Crippen LogP) is 2.53. The maximum atomic E-state index is 5.01. The maximum absolute atomic E-state index is 5.01. The number of aromatic amines is 1. The van der Waals surface area contributed by atoms with Gasteiger partial charge in [0.1, 0.15) is 0 Å². The Morgan fingerprint density at radius 1 is 1.38 bits per heavy atom. The highest BCUT2D eigenvalue weighted by atomic mass is 32.1. The zero-order chi connectivity index (χ0) is 11.4. The summed E-state index contributed by atoms with van der Waals surface area (Å²) < 4.78 is 2.30. The summed E-state index contributed by atoms with van der Waals surface area (Å²) in [6.45, 7) is 3.03. The van der Waals surface area contributed by atoms with Crippen molar-refractivity contribution in [2.75, 3.05) is 0 Å². The summed E-state index contributed by atoms with van der Waals surface area (Å²) in [6, 6.07) is 10.5. The van der Waals surface area contributed by atoms with E-state index < -0.39 is 0 Å². The summed E-state index contributed by atoms with van der Waals surface area (Å²) in [6.07, 6.45) is 1.02. The van der Waals surface area contributed by atoms with Crippen molar-refractivity contribution in [1.29, 1.82) is 0 Å². The first-order valence-electron chi connectivity index (χ1n) is 5.30. The van der Waals surface area contributed by atoms with Gasteiger partial charge in [-0.25, -0.2) is 4.68 Å². The molecule has 0 bridgehead atoms. The highest BCUT2D eigenvalue weighted by Crippen LogP contribution is 2.18. The first kappa shape index (κ1) is 11.0. The average Bonchev–Trinajstić information content (AvgIpc) is 2.73. The summed E-state index contributed by atoms with van der Waals surface area (Å²) in [4.78, 5) is 0. The molecule has 16 heavy (non-hydrogen) atoms. The molecule has 0 aliphatic rings. The molecule has 4 nitrogen and oxygen atoms in total. The van der Waals surface area contributed by atoms with Gasteiger partial charge < -0.3 is 0 Å². The zero-order valence-corrected chi connectivity index (χ0v) is 9.94. The molecule has 1 atom stereocenters. The Bertz CT molecular complexity index is 488. The van der Waals surface area contributed by atoms with E-state index in [9.17, 15) is 0 Å². The van der Waals surface area contributed by atoms with Gasteiger partial charge in [-0.15, -0.1) is 0 Å². The van der Waals surface area contributed by atoms with Crippen molar-refractivity contribution in [3.05, 3.63) is 40.7 Å². The number of hydrogen-bond acceptors (Lipinski definition) is 3. The van der Waals surface area contributed by atoms with Crippen molar-refractivity contribution >= 4 is 12.2 Å². The molecule has 0 saturated carbocycles. The number of benzene rings is 1. The molecule has 0 radical (unpaired) electrons. The Kier molecular flexibility index (Phi) is 3.46. The second kappa shape index (κ2) is 5.03. The number of nitrogens with zero attached hydrogens (tertiary/aromatic N) is 3. The van der Waals surface area contributed by atoms with E-state index in [-0.39, 0.29) is 0 Å². The minimum Gasteiger partial charge on any atom is -0.242 e. The molecule has 1 N–H and O–H groups in total. The van der Waals surface area contributed by atoms with E-state index in [1.165, 1.54) is 5.56 Å². The molecule has 5 heteroatoms. The largest absolute Gasteiger partial charge is 0.242 e. The van der Waals surface area contributed by atoms with Gasteiger partial charge in [-0.3, -0.25) is 0 Å². The van der Waals surface area contributed by atoms with Crippen LogP contribution in [0, 0.1) is 4.77 Å². The first-order valence-corrected chi connectivity index (χ1v) is 5.71. The molecule has 1 aromatic carbocycles. The lowest BCUT2D eigenvalue weighted by molar-refractivity contribution is 0.516. The molecular formula is C11H14N4S. The topological polar surface area (TPSA) is 46.5 Å². The molecule has 2 aromatic rings. The van der Waals surface area contributed by atoms with Crippen LogP contribution in [0.1, 0.15) is 24.8 Å². The molecular weight excluding hydrogens is 220 g/mol. The second-order valence-corrected chi connectivity index (χ2v) is 4.20. The third kappa shape index (κ3) is 2.55. The SMILES string of the molecule is CC(CCn1[nH]nnc1=S)c1ccccc1. The number of aromatic nitrogens is 4. The van der Waals surface area contributed by atoms with E-state index in [0.717, 1.165) is 13.0 Å². The van der Waals surface area contributed by atoms with Crippen LogP contribution in [0.25, 0.3) is 0 Å². The van der Waals surface area contributed by atoms with Gasteiger partial charge in [-0.1, -0.05) is 47.6 Å².